The van der Waals surface area contributed by atoms with E-state index in [1.165, 1.54) is 26.4 Å². The van der Waals surface area contributed by atoms with Crippen molar-refractivity contribution in [2.45, 2.75) is 0 Å². The lowest BCUT2D eigenvalue weighted by Crippen LogP contribution is -2.02. The molecule has 146 valence electrons. The SMILES string of the molecule is COC(=O)c1ccc(C(=Cc2ccc(F)cc2)c2ccc(C(=O)OC)cc2)cc1. The van der Waals surface area contributed by atoms with Crippen molar-refractivity contribution in [3.8, 4) is 0 Å². The molecule has 3 aromatic carbocycles. The van der Waals surface area contributed by atoms with E-state index in [9.17, 15) is 14.0 Å². The molecule has 29 heavy (non-hydrogen) atoms. The molecule has 3 rings (SSSR count). The molecule has 0 aliphatic heterocycles. The average Bonchev–Trinajstić information content (AvgIpc) is 2.78. The topological polar surface area (TPSA) is 52.6 Å². The van der Waals surface area contributed by atoms with E-state index in [4.69, 9.17) is 9.47 Å². The summed E-state index contributed by atoms with van der Waals surface area (Å²) < 4.78 is 22.8. The van der Waals surface area contributed by atoms with Gasteiger partial charge < -0.3 is 9.47 Å². The summed E-state index contributed by atoms with van der Waals surface area (Å²) in [5.74, 6) is -1.14. The van der Waals surface area contributed by atoms with E-state index < -0.39 is 11.9 Å². The van der Waals surface area contributed by atoms with Gasteiger partial charge in [0.1, 0.15) is 5.82 Å². The summed E-state index contributed by atoms with van der Waals surface area (Å²) in [4.78, 5) is 23.4. The van der Waals surface area contributed by atoms with Crippen LogP contribution in [0.25, 0.3) is 11.6 Å². The fraction of sp³-hybridized carbons (Fsp3) is 0.0833. The van der Waals surface area contributed by atoms with Crippen LogP contribution in [0.4, 0.5) is 4.39 Å². The van der Waals surface area contributed by atoms with E-state index in [0.29, 0.717) is 11.1 Å². The minimum atomic E-state index is -0.414. The maximum absolute atomic E-state index is 13.3. The zero-order valence-corrected chi connectivity index (χ0v) is 16.0. The third-order valence-electron chi connectivity index (χ3n) is 4.42. The van der Waals surface area contributed by atoms with Crippen LogP contribution in [-0.4, -0.2) is 26.2 Å². The van der Waals surface area contributed by atoms with Crippen molar-refractivity contribution in [2.24, 2.45) is 0 Å². The summed E-state index contributed by atoms with van der Waals surface area (Å²) in [5, 5.41) is 0. The quantitative estimate of drug-likeness (QED) is 0.455. The smallest absolute Gasteiger partial charge is 0.337 e. The monoisotopic (exact) mass is 390 g/mol. The van der Waals surface area contributed by atoms with Crippen LogP contribution in [0.15, 0.2) is 72.8 Å². The minimum absolute atomic E-state index is 0.312. The number of halogens is 1. The van der Waals surface area contributed by atoms with Crippen molar-refractivity contribution in [1.29, 1.82) is 0 Å². The van der Waals surface area contributed by atoms with Crippen molar-refractivity contribution < 1.29 is 23.5 Å². The number of hydrogen-bond acceptors (Lipinski definition) is 4. The summed E-state index contributed by atoms with van der Waals surface area (Å²) in [5.41, 5.74) is 4.26. The van der Waals surface area contributed by atoms with Crippen LogP contribution in [0.1, 0.15) is 37.4 Å². The van der Waals surface area contributed by atoms with E-state index in [0.717, 1.165) is 22.3 Å². The van der Waals surface area contributed by atoms with Crippen LogP contribution in [0.2, 0.25) is 0 Å². The minimum Gasteiger partial charge on any atom is -0.465 e. The van der Waals surface area contributed by atoms with Crippen molar-refractivity contribution in [1.82, 2.24) is 0 Å². The first-order valence-electron chi connectivity index (χ1n) is 8.86. The number of hydrogen-bond donors (Lipinski definition) is 0. The maximum atomic E-state index is 13.3. The Hall–Kier alpha value is -3.73. The van der Waals surface area contributed by atoms with Gasteiger partial charge >= 0.3 is 11.9 Å². The van der Waals surface area contributed by atoms with Crippen LogP contribution >= 0.6 is 0 Å². The normalized spacial score (nSPS) is 10.2. The molecule has 0 heterocycles. The molecular formula is C24H19FO4. The van der Waals surface area contributed by atoms with Gasteiger partial charge in [0.05, 0.1) is 25.3 Å². The molecular weight excluding hydrogens is 371 g/mol. The van der Waals surface area contributed by atoms with Crippen LogP contribution in [-0.2, 0) is 9.47 Å². The molecule has 0 radical (unpaired) electrons. The number of carbonyl (C=O) groups is 2. The fourth-order valence-corrected chi connectivity index (χ4v) is 2.87. The largest absolute Gasteiger partial charge is 0.465 e. The first kappa shape index (κ1) is 20.0. The third kappa shape index (κ3) is 4.76. The van der Waals surface area contributed by atoms with Crippen molar-refractivity contribution in [2.75, 3.05) is 14.2 Å². The summed E-state index contributed by atoms with van der Waals surface area (Å²) >= 11 is 0. The van der Waals surface area contributed by atoms with Crippen molar-refractivity contribution >= 4 is 23.6 Å². The van der Waals surface area contributed by atoms with E-state index in [1.807, 2.05) is 30.3 Å². The number of ether oxygens (including phenoxy) is 2. The standard InChI is InChI=1S/C24H19FO4/c1-28-23(26)19-9-5-17(6-10-19)22(15-16-3-13-21(25)14-4-16)18-7-11-20(12-8-18)24(27)29-2/h3-15H,1-2H3. The molecule has 0 aliphatic rings. The Labute approximate surface area is 168 Å². The molecule has 0 atom stereocenters. The van der Waals surface area contributed by atoms with Gasteiger partial charge in [-0.05, 0) is 64.7 Å². The predicted octanol–water partition coefficient (Wildman–Crippen LogP) is 4.99. The summed E-state index contributed by atoms with van der Waals surface area (Å²) in [6.45, 7) is 0. The molecule has 0 N–H and O–H groups in total. The van der Waals surface area contributed by atoms with Gasteiger partial charge in [-0.25, -0.2) is 14.0 Å². The zero-order valence-electron chi connectivity index (χ0n) is 16.0. The second-order valence-corrected chi connectivity index (χ2v) is 6.25. The summed E-state index contributed by atoms with van der Waals surface area (Å²) in [6, 6.07) is 20.1. The Morgan fingerprint density at radius 3 is 1.41 bits per heavy atom. The number of methoxy groups -OCH3 is 2. The van der Waals surface area contributed by atoms with Crippen LogP contribution in [0.5, 0.6) is 0 Å². The van der Waals surface area contributed by atoms with Crippen molar-refractivity contribution in [3.63, 3.8) is 0 Å². The molecule has 0 unspecified atom stereocenters. The highest BCUT2D eigenvalue weighted by molar-refractivity contribution is 5.95. The van der Waals surface area contributed by atoms with Crippen LogP contribution in [0, 0.1) is 5.82 Å². The lowest BCUT2D eigenvalue weighted by molar-refractivity contribution is 0.0592. The highest BCUT2D eigenvalue weighted by Crippen LogP contribution is 2.27. The Morgan fingerprint density at radius 1 is 0.655 bits per heavy atom. The number of esters is 2. The first-order chi connectivity index (χ1) is 14.0. The molecule has 0 aliphatic carbocycles. The van der Waals surface area contributed by atoms with Gasteiger partial charge in [-0.15, -0.1) is 0 Å². The Bertz CT molecular complexity index is 972. The average molecular weight is 390 g/mol. The number of benzene rings is 3. The Balaban J connectivity index is 2.05. The lowest BCUT2D eigenvalue weighted by atomic mass is 9.94. The second-order valence-electron chi connectivity index (χ2n) is 6.25. The maximum Gasteiger partial charge on any atom is 0.337 e. The zero-order chi connectivity index (χ0) is 20.8. The Morgan fingerprint density at radius 2 is 1.03 bits per heavy atom. The van der Waals surface area contributed by atoms with Crippen LogP contribution in [0.3, 0.4) is 0 Å². The van der Waals surface area contributed by atoms with E-state index in [1.54, 1.807) is 36.4 Å². The van der Waals surface area contributed by atoms with Gasteiger partial charge in [0.2, 0.25) is 0 Å². The molecule has 0 bridgehead atoms. The number of carbonyl (C=O) groups excluding carboxylic acids is 2. The molecule has 4 nitrogen and oxygen atoms in total. The number of rotatable bonds is 5. The van der Waals surface area contributed by atoms with E-state index in [2.05, 4.69) is 0 Å². The first-order valence-corrected chi connectivity index (χ1v) is 8.86. The van der Waals surface area contributed by atoms with Gasteiger partial charge in [-0.1, -0.05) is 36.4 Å². The molecule has 5 heteroatoms. The highest BCUT2D eigenvalue weighted by Gasteiger charge is 2.11. The van der Waals surface area contributed by atoms with Gasteiger partial charge in [-0.2, -0.15) is 0 Å². The molecule has 0 saturated carbocycles. The second kappa shape index (κ2) is 8.97. The van der Waals surface area contributed by atoms with E-state index in [-0.39, 0.29) is 5.82 Å². The Kier molecular flexibility index (Phi) is 6.19. The van der Waals surface area contributed by atoms with E-state index >= 15 is 0 Å². The third-order valence-corrected chi connectivity index (χ3v) is 4.42. The van der Waals surface area contributed by atoms with Crippen molar-refractivity contribution in [3.05, 3.63) is 106 Å². The summed E-state index contributed by atoms with van der Waals surface area (Å²) in [6.07, 6.45) is 1.92. The summed E-state index contributed by atoms with van der Waals surface area (Å²) in [7, 11) is 2.66. The molecule has 0 amide bonds. The fourth-order valence-electron chi connectivity index (χ4n) is 2.87. The lowest BCUT2D eigenvalue weighted by Gasteiger charge is -2.11. The van der Waals surface area contributed by atoms with Crippen LogP contribution < -0.4 is 0 Å². The highest BCUT2D eigenvalue weighted by atomic mass is 19.1. The molecule has 0 spiro atoms. The van der Waals surface area contributed by atoms with Gasteiger partial charge in [0.25, 0.3) is 0 Å². The molecule has 3 aromatic rings. The predicted molar refractivity (Wildman–Crippen MR) is 109 cm³/mol. The molecule has 0 fully saturated rings. The molecule has 0 aromatic heterocycles. The van der Waals surface area contributed by atoms with Gasteiger partial charge in [-0.3, -0.25) is 0 Å². The molecule has 0 saturated heterocycles. The van der Waals surface area contributed by atoms with Gasteiger partial charge in [0.15, 0.2) is 0 Å². The van der Waals surface area contributed by atoms with Gasteiger partial charge in [0, 0.05) is 0 Å².